The molecule has 12 nitrogen and oxygen atoms in total. The largest absolute Gasteiger partial charge is 0.508 e. The second-order valence-electron chi connectivity index (χ2n) is 14.3. The highest BCUT2D eigenvalue weighted by atomic mass is 16.8. The van der Waals surface area contributed by atoms with Crippen molar-refractivity contribution in [1.29, 1.82) is 0 Å². The van der Waals surface area contributed by atoms with Gasteiger partial charge in [0.1, 0.15) is 22.7 Å². The fourth-order valence-corrected chi connectivity index (χ4v) is 6.39. The molecular weight excluding hydrogens is 648 g/mol. The van der Waals surface area contributed by atoms with Crippen molar-refractivity contribution in [2.45, 2.75) is 90.6 Å². The van der Waals surface area contributed by atoms with E-state index in [-0.39, 0.29) is 96.7 Å². The van der Waals surface area contributed by atoms with E-state index >= 15 is 0 Å². The summed E-state index contributed by atoms with van der Waals surface area (Å²) in [7, 11) is 0. The lowest BCUT2D eigenvalue weighted by Gasteiger charge is -2.45. The first-order chi connectivity index (χ1) is 23.4. The molecule has 0 aromatic heterocycles. The lowest BCUT2D eigenvalue weighted by molar-refractivity contribution is -0.291. The maximum absolute atomic E-state index is 12.8. The molecule has 0 bridgehead atoms. The van der Waals surface area contributed by atoms with Gasteiger partial charge >= 0.3 is 23.9 Å². The Morgan fingerprint density at radius 2 is 0.880 bits per heavy atom. The molecule has 0 atom stereocenters. The van der Waals surface area contributed by atoms with Crippen LogP contribution in [-0.4, -0.2) is 57.2 Å². The van der Waals surface area contributed by atoms with Crippen LogP contribution in [0.25, 0.3) is 0 Å². The van der Waals surface area contributed by atoms with Gasteiger partial charge in [-0.3, -0.25) is 9.59 Å². The zero-order valence-electron chi connectivity index (χ0n) is 28.4. The summed E-state index contributed by atoms with van der Waals surface area (Å²) in [4.78, 5) is 75.9. The van der Waals surface area contributed by atoms with Crippen LogP contribution < -0.4 is 0 Å². The average Bonchev–Trinajstić information content (AvgIpc) is 2.98. The van der Waals surface area contributed by atoms with Crippen molar-refractivity contribution >= 4 is 35.4 Å². The third-order valence-corrected chi connectivity index (χ3v) is 8.92. The van der Waals surface area contributed by atoms with Crippen LogP contribution >= 0.6 is 0 Å². The Kier molecular flexibility index (Phi) is 9.78. The predicted octanol–water partition coefficient (Wildman–Crippen LogP) is 5.63. The van der Waals surface area contributed by atoms with Gasteiger partial charge in [-0.25, -0.2) is 19.2 Å². The van der Waals surface area contributed by atoms with Gasteiger partial charge in [0.25, 0.3) is 11.6 Å². The maximum atomic E-state index is 12.8. The van der Waals surface area contributed by atoms with Crippen LogP contribution in [0.1, 0.15) is 79.1 Å². The van der Waals surface area contributed by atoms with Crippen molar-refractivity contribution in [2.75, 3.05) is 0 Å². The third kappa shape index (κ3) is 7.96. The fourth-order valence-electron chi connectivity index (χ4n) is 6.39. The first-order valence-corrected chi connectivity index (χ1v) is 16.4. The van der Waals surface area contributed by atoms with Gasteiger partial charge in [-0.1, -0.05) is 64.2 Å². The normalized spacial score (nSPS) is 29.7. The van der Waals surface area contributed by atoms with E-state index in [9.17, 15) is 39.0 Å². The maximum Gasteiger partial charge on any atom is 0.348 e. The molecule has 50 heavy (non-hydrogen) atoms. The van der Waals surface area contributed by atoms with Crippen LogP contribution in [0.4, 0.5) is 0 Å². The van der Waals surface area contributed by atoms with E-state index < -0.39 is 46.3 Å². The quantitative estimate of drug-likeness (QED) is 0.200. The van der Waals surface area contributed by atoms with Crippen LogP contribution in [0.15, 0.2) is 94.6 Å². The Balaban J connectivity index is 1.13. The van der Waals surface area contributed by atoms with Crippen molar-refractivity contribution < 1.29 is 57.9 Å². The molecule has 3 fully saturated rings. The summed E-state index contributed by atoms with van der Waals surface area (Å²) in [5.41, 5.74) is -1.09. The van der Waals surface area contributed by atoms with E-state index in [2.05, 4.69) is 0 Å². The average molecular weight is 689 g/mol. The molecule has 2 saturated heterocycles. The predicted molar refractivity (Wildman–Crippen MR) is 176 cm³/mol. The van der Waals surface area contributed by atoms with Gasteiger partial charge in [0.05, 0.1) is 11.1 Å². The van der Waals surface area contributed by atoms with E-state index in [4.69, 9.17) is 18.9 Å². The van der Waals surface area contributed by atoms with E-state index in [1.165, 1.54) is 24.3 Å². The summed E-state index contributed by atoms with van der Waals surface area (Å²) in [5.74, 6) is -7.36. The molecule has 0 aromatic carbocycles. The third-order valence-electron chi connectivity index (χ3n) is 8.92. The first kappa shape index (κ1) is 36.0. The van der Waals surface area contributed by atoms with Gasteiger partial charge < -0.3 is 29.2 Å². The lowest BCUT2D eigenvalue weighted by atomic mass is 9.79. The summed E-state index contributed by atoms with van der Waals surface area (Å²) < 4.78 is 22.1. The second-order valence-corrected chi connectivity index (χ2v) is 14.3. The van der Waals surface area contributed by atoms with Crippen molar-refractivity contribution in [2.24, 2.45) is 10.8 Å². The Bertz CT molecular complexity index is 1600. The number of Topliss-reactive ketones (excluding diaryl/α,β-unsaturated/α-hetero) is 2. The van der Waals surface area contributed by atoms with Gasteiger partial charge in [0.15, 0.2) is 11.6 Å². The van der Waals surface area contributed by atoms with Crippen LogP contribution in [0.5, 0.6) is 0 Å². The van der Waals surface area contributed by atoms with Crippen LogP contribution in [0.2, 0.25) is 0 Å². The number of carbonyl (C=O) groups excluding carboxylic acids is 6. The molecule has 264 valence electrons. The topological polar surface area (TPSA) is 180 Å². The van der Waals surface area contributed by atoms with Crippen molar-refractivity contribution in [3.63, 3.8) is 0 Å². The van der Waals surface area contributed by atoms with Crippen LogP contribution in [0.3, 0.4) is 0 Å². The first-order valence-electron chi connectivity index (χ1n) is 16.4. The number of rotatable bonds is 6. The monoisotopic (exact) mass is 688 g/mol. The highest BCUT2D eigenvalue weighted by Crippen LogP contribution is 2.45. The van der Waals surface area contributed by atoms with E-state index in [1.54, 1.807) is 36.5 Å². The fraction of sp³-hybridized carbons (Fsp3) is 0.421. The molecule has 0 unspecified atom stereocenters. The Hall–Kier alpha value is -5.26. The Labute approximate surface area is 289 Å². The Morgan fingerprint density at radius 1 is 0.560 bits per heavy atom. The molecular formula is C38H40O12. The highest BCUT2D eigenvalue weighted by Gasteiger charge is 2.56. The Morgan fingerprint density at radius 3 is 1.18 bits per heavy atom. The number of hydrogen-bond donors (Lipinski definition) is 2. The zero-order chi connectivity index (χ0) is 36.5. The molecule has 2 N–H and O–H groups in total. The molecule has 5 aliphatic rings. The molecule has 5 rings (SSSR count). The molecule has 3 aliphatic carbocycles. The molecule has 1 saturated carbocycles. The number of ether oxygens (including phenoxy) is 4. The van der Waals surface area contributed by atoms with Gasteiger partial charge in [-0.2, -0.15) is 0 Å². The van der Waals surface area contributed by atoms with E-state index in [1.807, 2.05) is 27.7 Å². The number of ketones is 2. The SMILES string of the molecule is CC1(C)C=C(O)C(=CCC=CC=C2C(=O)OC3(CCC4(CC3)OC(=O)C(=CC=CCC=C3C(=O)CC(C)(C)C=C3O)C(=O)O4)OC2=O)C(=O)C1. The van der Waals surface area contributed by atoms with Crippen molar-refractivity contribution in [3.05, 3.63) is 94.6 Å². The second kappa shape index (κ2) is 13.6. The summed E-state index contributed by atoms with van der Waals surface area (Å²) in [6.07, 6.45) is 15.7. The minimum atomic E-state index is -1.62. The standard InChI is InChI=1S/C38H40O12/c1-35(2)19-27(39)23(28(40)20-35)11-7-5-9-13-25-31(43)47-37(48-32(25)44)15-17-38(18-16-37)49-33(45)26(34(46)50-38)14-10-6-8-12-24-29(41)21-36(3,4)22-30(24)42/h5-6,9-14,19,21,39,41H,7-8,15-18,20,22H2,1-4H3. The minimum Gasteiger partial charge on any atom is -0.508 e. The highest BCUT2D eigenvalue weighted by molar-refractivity contribution is 6.16. The van der Waals surface area contributed by atoms with E-state index in [0.29, 0.717) is 0 Å². The van der Waals surface area contributed by atoms with Gasteiger partial charge in [0, 0.05) is 38.5 Å². The lowest BCUT2D eigenvalue weighted by Crippen LogP contribution is -2.56. The molecule has 2 heterocycles. The van der Waals surface area contributed by atoms with Crippen molar-refractivity contribution in [3.8, 4) is 0 Å². The molecule has 0 radical (unpaired) electrons. The van der Waals surface area contributed by atoms with Gasteiger partial charge in [-0.05, 0) is 48.0 Å². The van der Waals surface area contributed by atoms with Crippen LogP contribution in [-0.2, 0) is 47.7 Å². The number of aliphatic hydroxyl groups is 2. The molecule has 2 spiro atoms. The molecule has 0 aromatic rings. The van der Waals surface area contributed by atoms with Crippen LogP contribution in [0, 0.1) is 10.8 Å². The smallest absolute Gasteiger partial charge is 0.348 e. The number of hydrogen-bond acceptors (Lipinski definition) is 12. The van der Waals surface area contributed by atoms with Crippen molar-refractivity contribution in [1.82, 2.24) is 0 Å². The minimum absolute atomic E-state index is 0.0801. The number of esters is 4. The number of allylic oxidation sites excluding steroid dienone is 12. The molecule has 2 aliphatic heterocycles. The summed E-state index contributed by atoms with van der Waals surface area (Å²) in [6, 6.07) is 0. The zero-order valence-corrected chi connectivity index (χ0v) is 28.4. The summed E-state index contributed by atoms with van der Waals surface area (Å²) >= 11 is 0. The molecule has 0 amide bonds. The molecule has 12 heteroatoms. The number of carbonyl (C=O) groups is 6. The van der Waals surface area contributed by atoms with E-state index in [0.717, 1.165) is 0 Å². The summed E-state index contributed by atoms with van der Waals surface area (Å²) in [6.45, 7) is 7.42. The van der Waals surface area contributed by atoms with Gasteiger partial charge in [0.2, 0.25) is 0 Å². The van der Waals surface area contributed by atoms with Gasteiger partial charge in [-0.15, -0.1) is 0 Å². The summed E-state index contributed by atoms with van der Waals surface area (Å²) in [5, 5.41) is 20.4. The number of aliphatic hydroxyl groups excluding tert-OH is 2.